The maximum absolute atomic E-state index is 11.0. The van der Waals surface area contributed by atoms with Gasteiger partial charge in [-0.2, -0.15) is 0 Å². The summed E-state index contributed by atoms with van der Waals surface area (Å²) >= 11 is 0. The van der Waals surface area contributed by atoms with E-state index < -0.39 is 26.5 Å². The molecule has 0 radical (unpaired) electrons. The second-order valence-electron chi connectivity index (χ2n) is 8.36. The topological polar surface area (TPSA) is 173 Å². The van der Waals surface area contributed by atoms with Crippen molar-refractivity contribution in [2.75, 3.05) is 0 Å². The van der Waals surface area contributed by atoms with Crippen LogP contribution >= 0.6 is 15.2 Å². The smallest absolute Gasteiger partial charge is 0.343 e. The van der Waals surface area contributed by atoms with Crippen LogP contribution < -0.4 is 10.6 Å². The quantitative estimate of drug-likeness (QED) is 0.319. The highest BCUT2D eigenvalue weighted by atomic mass is 31.2. The van der Waals surface area contributed by atoms with Gasteiger partial charge in [0.1, 0.15) is 0 Å². The summed E-state index contributed by atoms with van der Waals surface area (Å²) in [4.78, 5) is 56.6. The zero-order valence-corrected chi connectivity index (χ0v) is 19.5. The molecule has 12 heteroatoms. The molecule has 10 nitrogen and oxygen atoms in total. The highest BCUT2D eigenvalue weighted by Crippen LogP contribution is 2.37. The van der Waals surface area contributed by atoms with Gasteiger partial charge in [-0.25, -0.2) is 9.13 Å². The molecule has 2 aliphatic carbocycles. The van der Waals surface area contributed by atoms with E-state index in [1.165, 1.54) is 12.8 Å². The van der Waals surface area contributed by atoms with Crippen molar-refractivity contribution < 1.29 is 38.3 Å². The molecule has 30 heavy (non-hydrogen) atoms. The molecule has 2 fully saturated rings. The minimum absolute atomic E-state index is 0.148. The standard InChI is InChI=1S/2C9H18NO4P/c2*1-7(8-5-3-2-4-6-8)10-9(11)15(12,13)14/h2*7-8H,2-6H2,1H3,(H,10,11)(H2,12,13,14)/t2*7-/m10/s1. The Morgan fingerprint density at radius 2 is 0.933 bits per heavy atom. The Morgan fingerprint density at radius 1 is 0.667 bits per heavy atom. The van der Waals surface area contributed by atoms with Gasteiger partial charge in [0.05, 0.1) is 0 Å². The van der Waals surface area contributed by atoms with Crippen molar-refractivity contribution in [1.29, 1.82) is 0 Å². The number of rotatable bonds is 6. The van der Waals surface area contributed by atoms with E-state index in [-0.39, 0.29) is 12.1 Å². The summed E-state index contributed by atoms with van der Waals surface area (Å²) in [6.45, 7) is 3.62. The number of carbonyl (C=O) groups excluding carboxylic acids is 2. The lowest BCUT2D eigenvalue weighted by molar-refractivity contribution is 0.233. The number of hydrogen-bond acceptors (Lipinski definition) is 4. The van der Waals surface area contributed by atoms with E-state index in [1.54, 1.807) is 0 Å². The third-order valence-corrected chi connectivity index (χ3v) is 7.26. The summed E-state index contributed by atoms with van der Waals surface area (Å²) in [7, 11) is -9.22. The van der Waals surface area contributed by atoms with Gasteiger partial charge < -0.3 is 30.2 Å². The fourth-order valence-electron chi connectivity index (χ4n) is 4.06. The van der Waals surface area contributed by atoms with Gasteiger partial charge in [0, 0.05) is 12.1 Å². The Kier molecular flexibility index (Phi) is 11.2. The average molecular weight is 470 g/mol. The van der Waals surface area contributed by atoms with Gasteiger partial charge in [0.2, 0.25) is 0 Å². The Bertz CT molecular complexity index is 595. The van der Waals surface area contributed by atoms with Crippen LogP contribution in [0.4, 0.5) is 9.59 Å². The molecule has 0 bridgehead atoms. The lowest BCUT2D eigenvalue weighted by atomic mass is 9.85. The minimum Gasteiger partial charge on any atom is -0.343 e. The molecule has 6 N–H and O–H groups in total. The minimum atomic E-state index is -4.61. The van der Waals surface area contributed by atoms with E-state index in [4.69, 9.17) is 19.6 Å². The number of carbonyl (C=O) groups is 2. The fraction of sp³-hybridized carbons (Fsp3) is 0.889. The van der Waals surface area contributed by atoms with Crippen molar-refractivity contribution in [3.05, 3.63) is 0 Å². The van der Waals surface area contributed by atoms with Crippen molar-refractivity contribution in [3.63, 3.8) is 0 Å². The summed E-state index contributed by atoms with van der Waals surface area (Å²) in [6, 6.07) is -0.296. The van der Waals surface area contributed by atoms with Crippen LogP contribution in [0.2, 0.25) is 0 Å². The largest absolute Gasteiger partial charge is 0.413 e. The van der Waals surface area contributed by atoms with Crippen LogP contribution in [0.1, 0.15) is 78.1 Å². The average Bonchev–Trinajstić information content (AvgIpc) is 2.68. The predicted octanol–water partition coefficient (Wildman–Crippen LogP) is 3.69. The van der Waals surface area contributed by atoms with Crippen molar-refractivity contribution in [2.45, 2.75) is 90.1 Å². The van der Waals surface area contributed by atoms with E-state index >= 15 is 0 Å². The van der Waals surface area contributed by atoms with Gasteiger partial charge in [-0.3, -0.25) is 9.59 Å². The maximum Gasteiger partial charge on any atom is 0.413 e. The molecule has 0 aromatic heterocycles. The molecule has 0 aliphatic heterocycles. The Labute approximate surface area is 177 Å². The SMILES string of the molecule is C[C@@H](NC(=O)P(=O)(O)O)C1CCCCC1.C[C@H](NC(=O)P(=O)(O)O)C1CCCCC1. The first-order valence-electron chi connectivity index (χ1n) is 10.6. The number of hydrogen-bond donors (Lipinski definition) is 6. The summed E-state index contributed by atoms with van der Waals surface area (Å²) < 4.78 is 21.3. The van der Waals surface area contributed by atoms with Crippen molar-refractivity contribution >= 4 is 26.5 Å². The van der Waals surface area contributed by atoms with E-state index in [9.17, 15) is 18.7 Å². The molecular weight excluding hydrogens is 434 g/mol. The van der Waals surface area contributed by atoms with Crippen molar-refractivity contribution in [2.24, 2.45) is 11.8 Å². The Balaban J connectivity index is 0.000000300. The van der Waals surface area contributed by atoms with Gasteiger partial charge >= 0.3 is 26.5 Å². The molecule has 0 spiro atoms. The summed E-state index contributed by atoms with van der Waals surface area (Å²) in [5.41, 5.74) is -2.30. The molecule has 0 heterocycles. The highest BCUT2D eigenvalue weighted by Gasteiger charge is 2.30. The molecule has 0 aromatic rings. The second kappa shape index (κ2) is 12.3. The third-order valence-electron chi connectivity index (χ3n) is 5.95. The predicted molar refractivity (Wildman–Crippen MR) is 113 cm³/mol. The van der Waals surface area contributed by atoms with Crippen LogP contribution in [0.25, 0.3) is 0 Å². The molecule has 0 saturated heterocycles. The number of amides is 2. The third kappa shape index (κ3) is 10.0. The van der Waals surface area contributed by atoms with Crippen LogP contribution in [-0.2, 0) is 9.13 Å². The molecule has 176 valence electrons. The molecular formula is C18H36N2O8P2. The van der Waals surface area contributed by atoms with Crippen LogP contribution in [0.15, 0.2) is 0 Å². The summed E-state index contributed by atoms with van der Waals surface area (Å²) in [6.07, 6.45) is 11.1. The van der Waals surface area contributed by atoms with Crippen LogP contribution in [0.5, 0.6) is 0 Å². The van der Waals surface area contributed by atoms with E-state index in [1.807, 2.05) is 13.8 Å². The lowest BCUT2D eigenvalue weighted by Crippen LogP contribution is -2.37. The van der Waals surface area contributed by atoms with E-state index in [0.29, 0.717) is 11.8 Å². The van der Waals surface area contributed by atoms with Gasteiger partial charge in [-0.15, -0.1) is 0 Å². The van der Waals surface area contributed by atoms with Crippen LogP contribution in [-0.4, -0.2) is 43.0 Å². The monoisotopic (exact) mass is 470 g/mol. The number of nitrogens with one attached hydrogen (secondary N) is 2. The van der Waals surface area contributed by atoms with Gasteiger partial charge in [0.15, 0.2) is 0 Å². The van der Waals surface area contributed by atoms with Gasteiger partial charge in [-0.1, -0.05) is 38.5 Å². The Hall–Kier alpha value is -0.760. The molecule has 2 rings (SSSR count). The first-order chi connectivity index (χ1) is 13.8. The van der Waals surface area contributed by atoms with Crippen LogP contribution in [0, 0.1) is 11.8 Å². The first kappa shape index (κ1) is 27.3. The lowest BCUT2D eigenvalue weighted by Gasteiger charge is -2.28. The van der Waals surface area contributed by atoms with Gasteiger partial charge in [0.25, 0.3) is 0 Å². The normalized spacial score (nSPS) is 21.0. The zero-order valence-electron chi connectivity index (χ0n) is 17.7. The highest BCUT2D eigenvalue weighted by molar-refractivity contribution is 7.70. The molecule has 0 unspecified atom stereocenters. The summed E-state index contributed by atoms with van der Waals surface area (Å²) in [5, 5.41) is 4.77. The molecule has 2 saturated carbocycles. The van der Waals surface area contributed by atoms with Crippen molar-refractivity contribution in [3.8, 4) is 0 Å². The Morgan fingerprint density at radius 3 is 1.17 bits per heavy atom. The molecule has 2 atom stereocenters. The first-order valence-corrected chi connectivity index (χ1v) is 13.8. The van der Waals surface area contributed by atoms with Crippen LogP contribution in [0.3, 0.4) is 0 Å². The fourth-order valence-corrected chi connectivity index (χ4v) is 4.81. The maximum atomic E-state index is 11.0. The van der Waals surface area contributed by atoms with E-state index in [2.05, 4.69) is 10.6 Å². The molecule has 2 amide bonds. The molecule has 0 aromatic carbocycles. The summed E-state index contributed by atoms with van der Waals surface area (Å²) in [5.74, 6) is 0.712. The molecule has 2 aliphatic rings. The van der Waals surface area contributed by atoms with Crippen molar-refractivity contribution in [1.82, 2.24) is 10.6 Å². The zero-order chi connectivity index (χ0) is 22.9. The van der Waals surface area contributed by atoms with E-state index in [0.717, 1.165) is 51.4 Å². The van der Waals surface area contributed by atoms with Gasteiger partial charge in [-0.05, 0) is 51.4 Å². The second-order valence-corrected chi connectivity index (χ2v) is 11.3.